The molecular weight excluding hydrogens is 252 g/mol. The van der Waals surface area contributed by atoms with Crippen LogP contribution in [0, 0.1) is 6.92 Å². The summed E-state index contributed by atoms with van der Waals surface area (Å²) in [5.74, 6) is 2.18. The van der Waals surface area contributed by atoms with Crippen molar-refractivity contribution in [1.82, 2.24) is 0 Å². The van der Waals surface area contributed by atoms with Crippen molar-refractivity contribution in [2.24, 2.45) is 0 Å². The van der Waals surface area contributed by atoms with E-state index >= 15 is 0 Å². The highest BCUT2D eigenvalue weighted by atomic mass is 35.5. The van der Waals surface area contributed by atoms with E-state index in [-0.39, 0.29) is 0 Å². The largest absolute Gasteiger partial charge is 0.497 e. The molecular formula is C14H15ClO3. The van der Waals surface area contributed by atoms with Crippen molar-refractivity contribution in [3.05, 3.63) is 47.4 Å². The van der Waals surface area contributed by atoms with Crippen LogP contribution in [0.1, 0.15) is 22.3 Å². The first kappa shape index (κ1) is 12.8. The lowest BCUT2D eigenvalue weighted by Gasteiger charge is -2.14. The van der Waals surface area contributed by atoms with Crippen LogP contribution in [0.4, 0.5) is 0 Å². The molecule has 0 spiro atoms. The van der Waals surface area contributed by atoms with Gasteiger partial charge in [-0.25, -0.2) is 0 Å². The summed E-state index contributed by atoms with van der Waals surface area (Å²) >= 11 is 6.46. The van der Waals surface area contributed by atoms with Crippen LogP contribution in [0.5, 0.6) is 11.5 Å². The van der Waals surface area contributed by atoms with E-state index in [1.165, 1.54) is 0 Å². The number of halogens is 1. The van der Waals surface area contributed by atoms with Crippen molar-refractivity contribution < 1.29 is 13.9 Å². The Bertz CT molecular complexity index is 534. The van der Waals surface area contributed by atoms with Crippen LogP contribution in [0.25, 0.3) is 0 Å². The normalized spacial score (nSPS) is 12.2. The zero-order valence-corrected chi connectivity index (χ0v) is 11.3. The Morgan fingerprint density at radius 1 is 1.17 bits per heavy atom. The Labute approximate surface area is 111 Å². The molecule has 4 heteroatoms. The SMILES string of the molecule is COc1ccc(OC)c(C(Cl)c2occc2C)c1. The van der Waals surface area contributed by atoms with Gasteiger partial charge < -0.3 is 13.9 Å². The highest BCUT2D eigenvalue weighted by molar-refractivity contribution is 6.22. The van der Waals surface area contributed by atoms with Crippen molar-refractivity contribution in [3.8, 4) is 11.5 Å². The van der Waals surface area contributed by atoms with Gasteiger partial charge in [-0.15, -0.1) is 11.6 Å². The summed E-state index contributed by atoms with van der Waals surface area (Å²) in [7, 11) is 3.23. The Kier molecular flexibility index (Phi) is 3.82. The molecule has 3 nitrogen and oxygen atoms in total. The number of ether oxygens (including phenoxy) is 2. The van der Waals surface area contributed by atoms with E-state index in [9.17, 15) is 0 Å². The molecule has 0 aliphatic carbocycles. The zero-order chi connectivity index (χ0) is 13.1. The minimum atomic E-state index is -0.398. The molecule has 0 aliphatic heterocycles. The minimum Gasteiger partial charge on any atom is -0.497 e. The van der Waals surface area contributed by atoms with E-state index in [0.29, 0.717) is 5.75 Å². The molecule has 18 heavy (non-hydrogen) atoms. The third-order valence-electron chi connectivity index (χ3n) is 2.84. The minimum absolute atomic E-state index is 0.398. The Hall–Kier alpha value is -1.61. The van der Waals surface area contributed by atoms with Gasteiger partial charge in [-0.1, -0.05) is 0 Å². The second-order valence-electron chi connectivity index (χ2n) is 3.94. The van der Waals surface area contributed by atoms with E-state index < -0.39 is 5.38 Å². The van der Waals surface area contributed by atoms with Crippen molar-refractivity contribution in [1.29, 1.82) is 0 Å². The maximum Gasteiger partial charge on any atom is 0.129 e. The van der Waals surface area contributed by atoms with Gasteiger partial charge in [-0.3, -0.25) is 0 Å². The molecule has 0 aliphatic rings. The van der Waals surface area contributed by atoms with E-state index in [2.05, 4.69) is 0 Å². The smallest absolute Gasteiger partial charge is 0.129 e. The van der Waals surface area contributed by atoms with Gasteiger partial charge in [0.2, 0.25) is 0 Å². The number of hydrogen-bond acceptors (Lipinski definition) is 3. The maximum atomic E-state index is 6.46. The highest BCUT2D eigenvalue weighted by Gasteiger charge is 2.21. The number of furan rings is 1. The highest BCUT2D eigenvalue weighted by Crippen LogP contribution is 2.38. The standard InChI is InChI=1S/C14H15ClO3/c1-9-6-7-18-14(9)13(15)11-8-10(16-2)4-5-12(11)17-3/h4-8,13H,1-3H3. The van der Waals surface area contributed by atoms with Crippen molar-refractivity contribution in [2.45, 2.75) is 12.3 Å². The number of alkyl halides is 1. The molecule has 0 bridgehead atoms. The van der Waals surface area contributed by atoms with Gasteiger partial charge in [0.1, 0.15) is 22.6 Å². The first-order valence-electron chi connectivity index (χ1n) is 5.57. The first-order valence-corrected chi connectivity index (χ1v) is 6.01. The average Bonchev–Trinajstić information content (AvgIpc) is 2.83. The lowest BCUT2D eigenvalue weighted by molar-refractivity contribution is 0.397. The van der Waals surface area contributed by atoms with Crippen LogP contribution in [-0.2, 0) is 0 Å². The van der Waals surface area contributed by atoms with Gasteiger partial charge in [0.15, 0.2) is 0 Å². The summed E-state index contributed by atoms with van der Waals surface area (Å²) in [5.41, 5.74) is 1.84. The number of hydrogen-bond donors (Lipinski definition) is 0. The number of rotatable bonds is 4. The molecule has 0 amide bonds. The van der Waals surface area contributed by atoms with E-state index in [1.54, 1.807) is 20.5 Å². The van der Waals surface area contributed by atoms with Crippen molar-refractivity contribution in [2.75, 3.05) is 14.2 Å². The molecule has 1 unspecified atom stereocenters. The fraction of sp³-hybridized carbons (Fsp3) is 0.286. The molecule has 1 aromatic heterocycles. The zero-order valence-electron chi connectivity index (χ0n) is 10.6. The number of methoxy groups -OCH3 is 2. The molecule has 0 N–H and O–H groups in total. The van der Waals surface area contributed by atoms with Crippen LogP contribution >= 0.6 is 11.6 Å². The quantitative estimate of drug-likeness (QED) is 0.786. The van der Waals surface area contributed by atoms with Gasteiger partial charge in [-0.05, 0) is 36.8 Å². The van der Waals surface area contributed by atoms with E-state index in [4.69, 9.17) is 25.5 Å². The molecule has 0 saturated carbocycles. The van der Waals surface area contributed by atoms with Crippen LogP contribution in [0.2, 0.25) is 0 Å². The maximum absolute atomic E-state index is 6.46. The summed E-state index contributed by atoms with van der Waals surface area (Å²) < 4.78 is 16.0. The Morgan fingerprint density at radius 3 is 2.50 bits per heavy atom. The molecule has 1 aromatic carbocycles. The van der Waals surface area contributed by atoms with Gasteiger partial charge in [-0.2, -0.15) is 0 Å². The molecule has 96 valence electrons. The van der Waals surface area contributed by atoms with Crippen molar-refractivity contribution in [3.63, 3.8) is 0 Å². The van der Waals surface area contributed by atoms with E-state index in [1.807, 2.05) is 31.2 Å². The third kappa shape index (κ3) is 2.31. The van der Waals surface area contributed by atoms with Gasteiger partial charge in [0.05, 0.1) is 20.5 Å². The summed E-state index contributed by atoms with van der Waals surface area (Å²) in [6.07, 6.45) is 1.63. The molecule has 2 aromatic rings. The summed E-state index contributed by atoms with van der Waals surface area (Å²) in [5, 5.41) is -0.398. The molecule has 0 saturated heterocycles. The predicted octanol–water partition coefficient (Wildman–Crippen LogP) is 3.93. The topological polar surface area (TPSA) is 31.6 Å². The summed E-state index contributed by atoms with van der Waals surface area (Å²) in [4.78, 5) is 0. The number of benzene rings is 1. The van der Waals surface area contributed by atoms with Gasteiger partial charge in [0, 0.05) is 5.56 Å². The molecule has 2 rings (SSSR count). The summed E-state index contributed by atoms with van der Waals surface area (Å²) in [6, 6.07) is 7.42. The molecule has 0 radical (unpaired) electrons. The Balaban J connectivity index is 2.45. The van der Waals surface area contributed by atoms with Crippen molar-refractivity contribution >= 4 is 11.6 Å². The Morgan fingerprint density at radius 2 is 1.94 bits per heavy atom. The fourth-order valence-electron chi connectivity index (χ4n) is 1.82. The molecule has 1 heterocycles. The van der Waals surface area contributed by atoms with Crippen LogP contribution < -0.4 is 9.47 Å². The lowest BCUT2D eigenvalue weighted by atomic mass is 10.1. The first-order chi connectivity index (χ1) is 8.67. The van der Waals surface area contributed by atoms with Gasteiger partial charge >= 0.3 is 0 Å². The predicted molar refractivity (Wildman–Crippen MR) is 70.7 cm³/mol. The van der Waals surface area contributed by atoms with E-state index in [0.717, 1.165) is 22.6 Å². The molecule has 0 fully saturated rings. The molecule has 1 atom stereocenters. The third-order valence-corrected chi connectivity index (χ3v) is 3.28. The fourth-order valence-corrected chi connectivity index (χ4v) is 2.22. The lowest BCUT2D eigenvalue weighted by Crippen LogP contribution is -1.98. The monoisotopic (exact) mass is 266 g/mol. The summed E-state index contributed by atoms with van der Waals surface area (Å²) in [6.45, 7) is 1.96. The van der Waals surface area contributed by atoms with Crippen LogP contribution in [0.15, 0.2) is 34.9 Å². The van der Waals surface area contributed by atoms with Crippen LogP contribution in [-0.4, -0.2) is 14.2 Å². The second kappa shape index (κ2) is 5.36. The second-order valence-corrected chi connectivity index (χ2v) is 4.37. The van der Waals surface area contributed by atoms with Crippen LogP contribution in [0.3, 0.4) is 0 Å². The average molecular weight is 267 g/mol. The van der Waals surface area contributed by atoms with Gasteiger partial charge in [0.25, 0.3) is 0 Å². The number of aryl methyl sites for hydroxylation is 1.